The van der Waals surface area contributed by atoms with Crippen molar-refractivity contribution in [3.05, 3.63) is 29.8 Å². The summed E-state index contributed by atoms with van der Waals surface area (Å²) in [5, 5.41) is 0. The van der Waals surface area contributed by atoms with Gasteiger partial charge in [0.1, 0.15) is 5.75 Å². The van der Waals surface area contributed by atoms with Gasteiger partial charge in [0.05, 0.1) is 0 Å². The van der Waals surface area contributed by atoms with E-state index in [2.05, 4.69) is 19.9 Å². The number of nitrogens with two attached hydrogens (primary N) is 1. The van der Waals surface area contributed by atoms with Crippen molar-refractivity contribution in [3.8, 4) is 5.75 Å². The first-order valence-corrected chi connectivity index (χ1v) is 8.85. The molecule has 3 rings (SSSR count). The van der Waals surface area contributed by atoms with E-state index in [1.54, 1.807) is 0 Å². The second kappa shape index (κ2) is 6.91. The Balaban J connectivity index is 1.58. The molecule has 4 unspecified atom stereocenters. The van der Waals surface area contributed by atoms with E-state index in [1.165, 1.54) is 5.56 Å². The highest BCUT2D eigenvalue weighted by Gasteiger charge is 2.42. The van der Waals surface area contributed by atoms with Crippen LogP contribution < -0.4 is 10.5 Å². The van der Waals surface area contributed by atoms with Crippen LogP contribution in [0.2, 0.25) is 0 Å². The SMILES string of the molecule is CCC(C)c1ccccc1OCC(=O)N1CC2CCC(N)C2C1. The molecule has 1 aromatic carbocycles. The van der Waals surface area contributed by atoms with Crippen molar-refractivity contribution in [1.82, 2.24) is 4.90 Å². The molecule has 1 amide bonds. The van der Waals surface area contributed by atoms with Crippen molar-refractivity contribution in [3.63, 3.8) is 0 Å². The van der Waals surface area contributed by atoms with E-state index in [1.807, 2.05) is 23.1 Å². The molecular formula is C19H28N2O2. The highest BCUT2D eigenvalue weighted by atomic mass is 16.5. The summed E-state index contributed by atoms with van der Waals surface area (Å²) in [6, 6.07) is 8.31. The molecule has 1 heterocycles. The quantitative estimate of drug-likeness (QED) is 0.909. The van der Waals surface area contributed by atoms with Crippen molar-refractivity contribution < 1.29 is 9.53 Å². The largest absolute Gasteiger partial charge is 0.483 e. The van der Waals surface area contributed by atoms with Crippen LogP contribution in [0, 0.1) is 11.8 Å². The fraction of sp³-hybridized carbons (Fsp3) is 0.632. The van der Waals surface area contributed by atoms with E-state index in [0.29, 0.717) is 17.8 Å². The molecule has 1 saturated carbocycles. The number of para-hydroxylation sites is 1. The topological polar surface area (TPSA) is 55.6 Å². The van der Waals surface area contributed by atoms with Gasteiger partial charge in [-0.3, -0.25) is 4.79 Å². The molecule has 1 saturated heterocycles. The van der Waals surface area contributed by atoms with Crippen LogP contribution in [0.25, 0.3) is 0 Å². The normalized spacial score (nSPS) is 27.8. The van der Waals surface area contributed by atoms with E-state index in [9.17, 15) is 4.79 Å². The van der Waals surface area contributed by atoms with Gasteiger partial charge in [-0.25, -0.2) is 0 Å². The minimum Gasteiger partial charge on any atom is -0.483 e. The van der Waals surface area contributed by atoms with Gasteiger partial charge >= 0.3 is 0 Å². The van der Waals surface area contributed by atoms with E-state index in [0.717, 1.165) is 38.1 Å². The maximum absolute atomic E-state index is 12.5. The number of amides is 1. The summed E-state index contributed by atoms with van der Waals surface area (Å²) in [5.74, 6) is 2.45. The first-order valence-electron chi connectivity index (χ1n) is 8.85. The van der Waals surface area contributed by atoms with Crippen molar-refractivity contribution >= 4 is 5.91 Å². The van der Waals surface area contributed by atoms with Crippen LogP contribution in [0.5, 0.6) is 5.75 Å². The van der Waals surface area contributed by atoms with Gasteiger partial charge in [-0.1, -0.05) is 32.0 Å². The molecule has 0 radical (unpaired) electrons. The maximum Gasteiger partial charge on any atom is 0.260 e. The molecule has 0 aromatic heterocycles. The van der Waals surface area contributed by atoms with Crippen LogP contribution >= 0.6 is 0 Å². The molecule has 1 aliphatic heterocycles. The monoisotopic (exact) mass is 316 g/mol. The zero-order valence-electron chi connectivity index (χ0n) is 14.2. The second-order valence-corrected chi connectivity index (χ2v) is 7.10. The number of carbonyl (C=O) groups excluding carboxylic acids is 1. The van der Waals surface area contributed by atoms with Crippen molar-refractivity contribution in [1.29, 1.82) is 0 Å². The lowest BCUT2D eigenvalue weighted by molar-refractivity contribution is -0.132. The number of nitrogens with zero attached hydrogens (tertiary/aromatic N) is 1. The third kappa shape index (κ3) is 3.37. The van der Waals surface area contributed by atoms with E-state index >= 15 is 0 Å². The summed E-state index contributed by atoms with van der Waals surface area (Å²) < 4.78 is 5.86. The number of likely N-dealkylation sites (tertiary alicyclic amines) is 1. The lowest BCUT2D eigenvalue weighted by Gasteiger charge is -2.20. The van der Waals surface area contributed by atoms with Crippen LogP contribution in [0.3, 0.4) is 0 Å². The Labute approximate surface area is 139 Å². The number of hydrogen-bond acceptors (Lipinski definition) is 3. The Hall–Kier alpha value is -1.55. The lowest BCUT2D eigenvalue weighted by Crippen LogP contribution is -2.36. The number of rotatable bonds is 5. The molecule has 2 aliphatic rings. The molecular weight excluding hydrogens is 288 g/mol. The van der Waals surface area contributed by atoms with Crippen molar-refractivity contribution in [2.24, 2.45) is 17.6 Å². The van der Waals surface area contributed by atoms with Crippen LogP contribution in [-0.4, -0.2) is 36.5 Å². The summed E-state index contributed by atoms with van der Waals surface area (Å²) in [4.78, 5) is 14.4. The van der Waals surface area contributed by atoms with Crippen LogP contribution in [0.4, 0.5) is 0 Å². The van der Waals surface area contributed by atoms with Gasteiger partial charge in [0, 0.05) is 19.1 Å². The Morgan fingerprint density at radius 1 is 1.35 bits per heavy atom. The summed E-state index contributed by atoms with van der Waals surface area (Å²) >= 11 is 0. The Bertz CT molecular complexity index is 560. The van der Waals surface area contributed by atoms with E-state index < -0.39 is 0 Å². The second-order valence-electron chi connectivity index (χ2n) is 7.10. The van der Waals surface area contributed by atoms with Crippen molar-refractivity contribution in [2.75, 3.05) is 19.7 Å². The number of carbonyl (C=O) groups is 1. The lowest BCUT2D eigenvalue weighted by atomic mass is 9.98. The summed E-state index contributed by atoms with van der Waals surface area (Å²) in [5.41, 5.74) is 7.33. The minimum atomic E-state index is 0.0885. The molecule has 23 heavy (non-hydrogen) atoms. The van der Waals surface area contributed by atoms with Gasteiger partial charge in [0.25, 0.3) is 5.91 Å². The Morgan fingerprint density at radius 2 is 2.13 bits per heavy atom. The predicted octanol–water partition coefficient (Wildman–Crippen LogP) is 2.77. The van der Waals surface area contributed by atoms with E-state index in [4.69, 9.17) is 10.5 Å². The number of benzene rings is 1. The first kappa shape index (κ1) is 16.3. The average molecular weight is 316 g/mol. The zero-order valence-corrected chi connectivity index (χ0v) is 14.2. The molecule has 0 spiro atoms. The molecule has 2 fully saturated rings. The third-order valence-electron chi connectivity index (χ3n) is 5.68. The summed E-state index contributed by atoms with van der Waals surface area (Å²) in [7, 11) is 0. The van der Waals surface area contributed by atoms with Gasteiger partial charge in [0.2, 0.25) is 0 Å². The molecule has 4 heteroatoms. The zero-order chi connectivity index (χ0) is 16.4. The molecule has 0 bridgehead atoms. The molecule has 1 aliphatic carbocycles. The van der Waals surface area contributed by atoms with Crippen molar-refractivity contribution in [2.45, 2.75) is 45.1 Å². The summed E-state index contributed by atoms with van der Waals surface area (Å²) in [6.07, 6.45) is 3.32. The molecule has 2 N–H and O–H groups in total. The first-order chi connectivity index (χ1) is 11.1. The van der Waals surface area contributed by atoms with Gasteiger partial charge in [-0.15, -0.1) is 0 Å². The Morgan fingerprint density at radius 3 is 2.87 bits per heavy atom. The molecule has 4 atom stereocenters. The Kier molecular flexibility index (Phi) is 4.90. The number of fused-ring (bicyclic) bond motifs is 1. The van der Waals surface area contributed by atoms with Gasteiger partial charge in [0.15, 0.2) is 6.61 Å². The van der Waals surface area contributed by atoms with Crippen LogP contribution in [-0.2, 0) is 4.79 Å². The minimum absolute atomic E-state index is 0.0885. The number of hydrogen-bond donors (Lipinski definition) is 1. The van der Waals surface area contributed by atoms with Gasteiger partial charge < -0.3 is 15.4 Å². The molecule has 1 aromatic rings. The average Bonchev–Trinajstić information content (AvgIpc) is 3.14. The highest BCUT2D eigenvalue weighted by molar-refractivity contribution is 5.78. The van der Waals surface area contributed by atoms with Gasteiger partial charge in [-0.05, 0) is 48.6 Å². The van der Waals surface area contributed by atoms with Crippen LogP contribution in [0.15, 0.2) is 24.3 Å². The number of ether oxygens (including phenoxy) is 1. The highest BCUT2D eigenvalue weighted by Crippen LogP contribution is 2.37. The standard InChI is InChI=1S/C19H28N2O2/c1-3-13(2)15-6-4-5-7-18(15)23-12-19(22)21-10-14-8-9-17(20)16(14)11-21/h4-7,13-14,16-17H,3,8-12,20H2,1-2H3. The predicted molar refractivity (Wildman–Crippen MR) is 91.4 cm³/mol. The third-order valence-corrected chi connectivity index (χ3v) is 5.68. The van der Waals surface area contributed by atoms with Gasteiger partial charge in [-0.2, -0.15) is 0 Å². The summed E-state index contributed by atoms with van der Waals surface area (Å²) in [6.45, 7) is 6.14. The molecule has 4 nitrogen and oxygen atoms in total. The fourth-order valence-electron chi connectivity index (χ4n) is 3.98. The molecule has 126 valence electrons. The smallest absolute Gasteiger partial charge is 0.260 e. The maximum atomic E-state index is 12.5. The van der Waals surface area contributed by atoms with Crippen LogP contribution in [0.1, 0.15) is 44.6 Å². The fourth-order valence-corrected chi connectivity index (χ4v) is 3.98. The van der Waals surface area contributed by atoms with E-state index in [-0.39, 0.29) is 18.6 Å².